The summed E-state index contributed by atoms with van der Waals surface area (Å²) in [5.74, 6) is 0.0739. The summed E-state index contributed by atoms with van der Waals surface area (Å²) >= 11 is 5.76. The number of hydrogen-bond donors (Lipinski definition) is 1. The maximum Gasteiger partial charge on any atom is 0.233 e. The second-order valence-corrected chi connectivity index (χ2v) is 3.27. The first-order chi connectivity index (χ1) is 7.24. The number of benzene rings is 1. The molecule has 15 heavy (non-hydrogen) atoms. The van der Waals surface area contributed by atoms with Gasteiger partial charge >= 0.3 is 0 Å². The molecule has 0 aliphatic heterocycles. The third kappa shape index (κ3) is 1.71. The van der Waals surface area contributed by atoms with Crippen molar-refractivity contribution in [3.8, 4) is 0 Å². The fourth-order valence-corrected chi connectivity index (χ4v) is 1.33. The molecular weight excluding hydrogens is 218 g/mol. The minimum absolute atomic E-state index is 0.0117. The molecule has 0 atom stereocenters. The normalized spacial score (nSPS) is 11.9. The number of allylic oxidation sites excluding steroid dienone is 1. The van der Waals surface area contributed by atoms with Crippen LogP contribution in [0.2, 0.25) is 5.02 Å². The molecular formula is C10H6ClNO3. The van der Waals surface area contributed by atoms with E-state index in [1.165, 1.54) is 0 Å². The molecule has 0 bridgehead atoms. The van der Waals surface area contributed by atoms with E-state index in [4.69, 9.17) is 21.1 Å². The van der Waals surface area contributed by atoms with Crippen molar-refractivity contribution in [3.05, 3.63) is 35.4 Å². The van der Waals surface area contributed by atoms with Gasteiger partial charge in [0.05, 0.1) is 6.26 Å². The first kappa shape index (κ1) is 9.73. The molecule has 0 amide bonds. The van der Waals surface area contributed by atoms with Crippen LogP contribution in [-0.4, -0.2) is 16.4 Å². The van der Waals surface area contributed by atoms with E-state index in [1.54, 1.807) is 18.2 Å². The molecule has 0 radical (unpaired) electrons. The number of carbonyl (C=O) groups excluding carboxylic acids is 1. The van der Waals surface area contributed by atoms with Crippen molar-refractivity contribution >= 4 is 34.6 Å². The minimum atomic E-state index is -0.0117. The van der Waals surface area contributed by atoms with Crippen molar-refractivity contribution in [3.63, 3.8) is 0 Å². The lowest BCUT2D eigenvalue weighted by Crippen LogP contribution is -1.84. The maximum atomic E-state index is 10.5. The molecule has 0 aliphatic carbocycles. The van der Waals surface area contributed by atoms with Crippen LogP contribution in [0, 0.1) is 0 Å². The summed E-state index contributed by atoms with van der Waals surface area (Å²) in [7, 11) is 0. The van der Waals surface area contributed by atoms with Crippen LogP contribution < -0.4 is 0 Å². The van der Waals surface area contributed by atoms with Crippen LogP contribution in [0.3, 0.4) is 0 Å². The van der Waals surface area contributed by atoms with E-state index >= 15 is 0 Å². The number of aromatic nitrogens is 1. The summed E-state index contributed by atoms with van der Waals surface area (Å²) < 4.78 is 5.24. The van der Waals surface area contributed by atoms with Crippen molar-refractivity contribution in [1.29, 1.82) is 0 Å². The zero-order chi connectivity index (χ0) is 10.8. The Kier molecular flexibility index (Phi) is 2.43. The second kappa shape index (κ2) is 3.74. The predicted molar refractivity (Wildman–Crippen MR) is 55.7 cm³/mol. The predicted octanol–water partition coefficient (Wildman–Crippen LogP) is 2.58. The quantitative estimate of drug-likeness (QED) is 0.483. The third-order valence-electron chi connectivity index (χ3n) is 1.86. The molecule has 1 aromatic carbocycles. The molecule has 0 spiro atoms. The summed E-state index contributed by atoms with van der Waals surface area (Å²) in [6.45, 7) is 0. The third-order valence-corrected chi connectivity index (χ3v) is 2.10. The van der Waals surface area contributed by atoms with E-state index in [2.05, 4.69) is 4.98 Å². The zero-order valence-electron chi connectivity index (χ0n) is 7.48. The molecule has 76 valence electrons. The SMILES string of the molecule is O=C/C(=C\O)c1nc2cc(Cl)ccc2o1. The van der Waals surface area contributed by atoms with E-state index in [-0.39, 0.29) is 11.5 Å². The number of carbonyl (C=O) groups is 1. The van der Waals surface area contributed by atoms with Gasteiger partial charge in [0.2, 0.25) is 5.89 Å². The van der Waals surface area contributed by atoms with E-state index in [0.29, 0.717) is 28.7 Å². The first-order valence-electron chi connectivity index (χ1n) is 4.10. The van der Waals surface area contributed by atoms with E-state index in [1.807, 2.05) is 0 Å². The van der Waals surface area contributed by atoms with Crippen molar-refractivity contribution in [1.82, 2.24) is 4.98 Å². The van der Waals surface area contributed by atoms with Gasteiger partial charge in [0, 0.05) is 5.02 Å². The minimum Gasteiger partial charge on any atom is -0.515 e. The number of rotatable bonds is 2. The lowest BCUT2D eigenvalue weighted by Gasteiger charge is -1.87. The van der Waals surface area contributed by atoms with Crippen LogP contribution >= 0.6 is 11.6 Å². The van der Waals surface area contributed by atoms with E-state index in [9.17, 15) is 4.79 Å². The molecule has 0 fully saturated rings. The monoisotopic (exact) mass is 223 g/mol. The van der Waals surface area contributed by atoms with Gasteiger partial charge in [0.25, 0.3) is 0 Å². The van der Waals surface area contributed by atoms with Gasteiger partial charge in [-0.25, -0.2) is 4.98 Å². The number of oxazole rings is 1. The molecule has 1 heterocycles. The fraction of sp³-hybridized carbons (Fsp3) is 0. The number of aliphatic hydroxyl groups is 1. The second-order valence-electron chi connectivity index (χ2n) is 2.83. The van der Waals surface area contributed by atoms with Gasteiger partial charge in [-0.1, -0.05) is 11.6 Å². The Labute approximate surface area is 89.8 Å². The van der Waals surface area contributed by atoms with E-state index in [0.717, 1.165) is 0 Å². The summed E-state index contributed by atoms with van der Waals surface area (Å²) in [5, 5.41) is 9.27. The highest BCUT2D eigenvalue weighted by atomic mass is 35.5. The Balaban J connectivity index is 2.61. The molecule has 1 N–H and O–H groups in total. The average molecular weight is 224 g/mol. The molecule has 4 nitrogen and oxygen atoms in total. The van der Waals surface area contributed by atoms with Gasteiger partial charge in [-0.2, -0.15) is 0 Å². The Morgan fingerprint density at radius 1 is 1.53 bits per heavy atom. The fourth-order valence-electron chi connectivity index (χ4n) is 1.16. The smallest absolute Gasteiger partial charge is 0.233 e. The number of aldehydes is 1. The Morgan fingerprint density at radius 2 is 2.33 bits per heavy atom. The van der Waals surface area contributed by atoms with Crippen molar-refractivity contribution in [2.45, 2.75) is 0 Å². The van der Waals surface area contributed by atoms with Gasteiger partial charge in [0.1, 0.15) is 11.1 Å². The van der Waals surface area contributed by atoms with Crippen molar-refractivity contribution in [2.75, 3.05) is 0 Å². The van der Waals surface area contributed by atoms with Crippen LogP contribution in [0.25, 0.3) is 16.7 Å². The van der Waals surface area contributed by atoms with Gasteiger partial charge in [-0.15, -0.1) is 0 Å². The summed E-state index contributed by atoms with van der Waals surface area (Å²) in [4.78, 5) is 14.5. The van der Waals surface area contributed by atoms with Crippen molar-refractivity contribution in [2.24, 2.45) is 0 Å². The number of halogens is 1. The number of fused-ring (bicyclic) bond motifs is 1. The van der Waals surface area contributed by atoms with Gasteiger partial charge in [0.15, 0.2) is 11.9 Å². The molecule has 0 unspecified atom stereocenters. The van der Waals surface area contributed by atoms with Crippen LogP contribution in [0.4, 0.5) is 0 Å². The lowest BCUT2D eigenvalue weighted by atomic mass is 10.3. The molecule has 1 aromatic heterocycles. The highest BCUT2D eigenvalue weighted by molar-refractivity contribution is 6.31. The standard InChI is InChI=1S/C10H6ClNO3/c11-7-1-2-9-8(3-7)12-10(15-9)6(4-13)5-14/h1-5,13H/b6-4+. The topological polar surface area (TPSA) is 63.3 Å². The molecule has 5 heteroatoms. The Hall–Kier alpha value is -1.81. The highest BCUT2D eigenvalue weighted by Crippen LogP contribution is 2.22. The van der Waals surface area contributed by atoms with Crippen LogP contribution in [0.5, 0.6) is 0 Å². The van der Waals surface area contributed by atoms with Crippen LogP contribution in [0.15, 0.2) is 28.9 Å². The van der Waals surface area contributed by atoms with Crippen molar-refractivity contribution < 1.29 is 14.3 Å². The van der Waals surface area contributed by atoms with E-state index < -0.39 is 0 Å². The molecule has 2 rings (SSSR count). The zero-order valence-corrected chi connectivity index (χ0v) is 8.23. The lowest BCUT2D eigenvalue weighted by molar-refractivity contribution is -0.103. The Bertz CT molecular complexity index is 545. The summed E-state index contributed by atoms with van der Waals surface area (Å²) in [5.41, 5.74) is 1.04. The Morgan fingerprint density at radius 3 is 3.00 bits per heavy atom. The molecule has 0 aliphatic rings. The largest absolute Gasteiger partial charge is 0.515 e. The van der Waals surface area contributed by atoms with Gasteiger partial charge in [-0.3, -0.25) is 4.79 Å². The number of aliphatic hydroxyl groups excluding tert-OH is 1. The first-order valence-corrected chi connectivity index (χ1v) is 4.48. The summed E-state index contributed by atoms with van der Waals surface area (Å²) in [6, 6.07) is 4.92. The van der Waals surface area contributed by atoms with Crippen LogP contribution in [0.1, 0.15) is 5.89 Å². The summed E-state index contributed by atoms with van der Waals surface area (Å²) in [6.07, 6.45) is 1.12. The number of nitrogens with zero attached hydrogens (tertiary/aromatic N) is 1. The van der Waals surface area contributed by atoms with Crippen LogP contribution in [-0.2, 0) is 4.79 Å². The maximum absolute atomic E-state index is 10.5. The highest BCUT2D eigenvalue weighted by Gasteiger charge is 2.10. The molecule has 2 aromatic rings. The van der Waals surface area contributed by atoms with Gasteiger partial charge in [-0.05, 0) is 18.2 Å². The van der Waals surface area contributed by atoms with Gasteiger partial charge < -0.3 is 9.52 Å². The number of hydrogen-bond acceptors (Lipinski definition) is 4. The molecule has 0 saturated heterocycles. The average Bonchev–Trinajstić information content (AvgIpc) is 2.62. The molecule has 0 saturated carbocycles.